The highest BCUT2D eigenvalue weighted by molar-refractivity contribution is 5.97. The molecule has 0 aliphatic rings. The molecule has 0 aliphatic heterocycles. The normalized spacial score (nSPS) is 11.6. The lowest BCUT2D eigenvalue weighted by Gasteiger charge is -2.09. The second-order valence-electron chi connectivity index (χ2n) is 4.47. The van der Waals surface area contributed by atoms with Crippen LogP contribution in [0.15, 0.2) is 18.6 Å². The molecule has 0 saturated heterocycles. The van der Waals surface area contributed by atoms with Gasteiger partial charge in [-0.1, -0.05) is 6.92 Å². The van der Waals surface area contributed by atoms with Crippen molar-refractivity contribution >= 4 is 22.9 Å². The number of ketones is 1. The Kier molecular flexibility index (Phi) is 3.94. The van der Waals surface area contributed by atoms with E-state index in [4.69, 9.17) is 4.74 Å². The number of allylic oxidation sites excluding steroid dienone is 1. The lowest BCUT2D eigenvalue weighted by molar-refractivity contribution is -0.114. The van der Waals surface area contributed by atoms with Crippen molar-refractivity contribution in [2.45, 2.75) is 33.3 Å². The molecule has 19 heavy (non-hydrogen) atoms. The quantitative estimate of drug-likeness (QED) is 0.838. The summed E-state index contributed by atoms with van der Waals surface area (Å²) < 4.78 is 5.67. The van der Waals surface area contributed by atoms with E-state index in [2.05, 4.69) is 15.0 Å². The lowest BCUT2D eigenvalue weighted by Crippen LogP contribution is -2.07. The number of hydrogen-bond acceptors (Lipinski definition) is 4. The number of carbonyl (C=O) groups is 1. The number of hydrogen-bond donors (Lipinski definition) is 1. The third kappa shape index (κ3) is 2.99. The molecule has 5 nitrogen and oxygen atoms in total. The van der Waals surface area contributed by atoms with Crippen molar-refractivity contribution in [2.24, 2.45) is 0 Å². The largest absolute Gasteiger partial charge is 0.474 e. The van der Waals surface area contributed by atoms with E-state index in [1.165, 1.54) is 6.33 Å². The number of aromatic amines is 1. The number of fused-ring (bicyclic) bond motifs is 1. The Balaban J connectivity index is 2.44. The maximum atomic E-state index is 11.3. The molecule has 0 atom stereocenters. The van der Waals surface area contributed by atoms with Crippen LogP contribution in [0.25, 0.3) is 17.1 Å². The van der Waals surface area contributed by atoms with E-state index in [1.807, 2.05) is 20.8 Å². The molecule has 0 spiro atoms. The molecule has 0 bridgehead atoms. The molecule has 0 radical (unpaired) electrons. The van der Waals surface area contributed by atoms with Gasteiger partial charge in [0, 0.05) is 18.2 Å². The summed E-state index contributed by atoms with van der Waals surface area (Å²) in [5.74, 6) is 0.613. The van der Waals surface area contributed by atoms with Crippen LogP contribution in [0, 0.1) is 0 Å². The monoisotopic (exact) mass is 259 g/mol. The van der Waals surface area contributed by atoms with Gasteiger partial charge in [0.2, 0.25) is 5.88 Å². The summed E-state index contributed by atoms with van der Waals surface area (Å²) >= 11 is 0. The average Bonchev–Trinajstić information content (AvgIpc) is 2.79. The Hall–Kier alpha value is -2.17. The van der Waals surface area contributed by atoms with Gasteiger partial charge in [-0.05, 0) is 26.0 Å². The zero-order chi connectivity index (χ0) is 13.8. The molecule has 100 valence electrons. The van der Waals surface area contributed by atoms with E-state index >= 15 is 0 Å². The molecule has 2 aromatic rings. The molecule has 0 saturated carbocycles. The number of ether oxygens (including phenoxy) is 1. The summed E-state index contributed by atoms with van der Waals surface area (Å²) in [4.78, 5) is 22.7. The van der Waals surface area contributed by atoms with Gasteiger partial charge in [-0.25, -0.2) is 9.97 Å². The minimum atomic E-state index is 0.0297. The van der Waals surface area contributed by atoms with Crippen molar-refractivity contribution in [1.82, 2.24) is 15.0 Å². The minimum Gasteiger partial charge on any atom is -0.474 e. The smallest absolute Gasteiger partial charge is 0.226 e. The fraction of sp³-hybridized carbons (Fsp3) is 0.357. The predicted octanol–water partition coefficient (Wildman–Crippen LogP) is 2.74. The number of rotatable bonds is 5. The average molecular weight is 259 g/mol. The Morgan fingerprint density at radius 1 is 1.47 bits per heavy atom. The van der Waals surface area contributed by atoms with Gasteiger partial charge >= 0.3 is 0 Å². The summed E-state index contributed by atoms with van der Waals surface area (Å²) in [7, 11) is 0. The molecule has 2 heterocycles. The van der Waals surface area contributed by atoms with Crippen molar-refractivity contribution in [3.63, 3.8) is 0 Å². The number of nitrogens with one attached hydrogen (secondary N) is 1. The molecule has 1 N–H and O–H groups in total. The first-order valence-electron chi connectivity index (χ1n) is 6.31. The molecule has 0 unspecified atom stereocenters. The standard InChI is InChI=1S/C14H17N3O2/c1-4-11(18)6-5-10-7-15-13-12(10)14(17-8-16-13)19-9(2)3/h5-9H,4H2,1-3H3,(H,15,16,17). The Morgan fingerprint density at radius 3 is 2.95 bits per heavy atom. The fourth-order valence-corrected chi connectivity index (χ4v) is 1.70. The maximum Gasteiger partial charge on any atom is 0.226 e. The molecule has 0 fully saturated rings. The third-order valence-corrected chi connectivity index (χ3v) is 2.61. The molecule has 0 aliphatic carbocycles. The highest BCUT2D eigenvalue weighted by Gasteiger charge is 2.11. The molecule has 5 heteroatoms. The number of nitrogens with zero attached hydrogens (tertiary/aromatic N) is 2. The highest BCUT2D eigenvalue weighted by atomic mass is 16.5. The van der Waals surface area contributed by atoms with Crippen molar-refractivity contribution in [3.8, 4) is 5.88 Å². The maximum absolute atomic E-state index is 11.3. The fourth-order valence-electron chi connectivity index (χ4n) is 1.70. The highest BCUT2D eigenvalue weighted by Crippen LogP contribution is 2.26. The van der Waals surface area contributed by atoms with Gasteiger partial charge < -0.3 is 9.72 Å². The van der Waals surface area contributed by atoms with Crippen LogP contribution in [0.2, 0.25) is 0 Å². The Bertz CT molecular complexity index is 614. The van der Waals surface area contributed by atoms with Crippen LogP contribution in [-0.4, -0.2) is 26.8 Å². The van der Waals surface area contributed by atoms with E-state index in [0.29, 0.717) is 17.9 Å². The zero-order valence-electron chi connectivity index (χ0n) is 11.3. The van der Waals surface area contributed by atoms with E-state index in [9.17, 15) is 4.79 Å². The van der Waals surface area contributed by atoms with Gasteiger partial charge in [-0.2, -0.15) is 0 Å². The first-order chi connectivity index (χ1) is 9.11. The lowest BCUT2D eigenvalue weighted by atomic mass is 10.2. The van der Waals surface area contributed by atoms with Crippen LogP contribution < -0.4 is 4.74 Å². The van der Waals surface area contributed by atoms with Gasteiger partial charge in [0.05, 0.1) is 11.5 Å². The molecular formula is C14H17N3O2. The van der Waals surface area contributed by atoms with Crippen molar-refractivity contribution in [2.75, 3.05) is 0 Å². The Labute approximate surface area is 111 Å². The molecule has 0 amide bonds. The molecule has 2 rings (SSSR count). The first-order valence-corrected chi connectivity index (χ1v) is 6.31. The van der Waals surface area contributed by atoms with Crippen LogP contribution >= 0.6 is 0 Å². The van der Waals surface area contributed by atoms with E-state index in [-0.39, 0.29) is 11.9 Å². The van der Waals surface area contributed by atoms with Gasteiger partial charge in [0.1, 0.15) is 12.0 Å². The van der Waals surface area contributed by atoms with Crippen LogP contribution in [-0.2, 0) is 4.79 Å². The molecular weight excluding hydrogens is 242 g/mol. The second-order valence-corrected chi connectivity index (χ2v) is 4.47. The van der Waals surface area contributed by atoms with E-state index in [1.54, 1.807) is 18.3 Å². The third-order valence-electron chi connectivity index (χ3n) is 2.61. The number of aromatic nitrogens is 3. The van der Waals surface area contributed by atoms with Crippen molar-refractivity contribution in [1.29, 1.82) is 0 Å². The summed E-state index contributed by atoms with van der Waals surface area (Å²) in [6.07, 6.45) is 7.11. The van der Waals surface area contributed by atoms with Crippen LogP contribution in [0.4, 0.5) is 0 Å². The zero-order valence-corrected chi connectivity index (χ0v) is 11.3. The van der Waals surface area contributed by atoms with Crippen LogP contribution in [0.5, 0.6) is 5.88 Å². The van der Waals surface area contributed by atoms with Gasteiger partial charge in [-0.3, -0.25) is 4.79 Å². The van der Waals surface area contributed by atoms with Crippen LogP contribution in [0.3, 0.4) is 0 Å². The number of carbonyl (C=O) groups excluding carboxylic acids is 1. The van der Waals surface area contributed by atoms with Crippen molar-refractivity contribution < 1.29 is 9.53 Å². The number of H-pyrrole nitrogens is 1. The van der Waals surface area contributed by atoms with E-state index in [0.717, 1.165) is 10.9 Å². The summed E-state index contributed by atoms with van der Waals surface area (Å²) in [6.45, 7) is 5.71. The second kappa shape index (κ2) is 5.65. The van der Waals surface area contributed by atoms with Crippen molar-refractivity contribution in [3.05, 3.63) is 24.2 Å². The summed E-state index contributed by atoms with van der Waals surface area (Å²) in [6, 6.07) is 0. The van der Waals surface area contributed by atoms with Crippen LogP contribution in [0.1, 0.15) is 32.8 Å². The minimum absolute atomic E-state index is 0.0297. The summed E-state index contributed by atoms with van der Waals surface area (Å²) in [5, 5.41) is 0.802. The van der Waals surface area contributed by atoms with Gasteiger partial charge in [0.15, 0.2) is 5.78 Å². The van der Waals surface area contributed by atoms with Gasteiger partial charge in [-0.15, -0.1) is 0 Å². The topological polar surface area (TPSA) is 67.9 Å². The molecule has 0 aromatic carbocycles. The van der Waals surface area contributed by atoms with E-state index < -0.39 is 0 Å². The first kappa shape index (κ1) is 13.3. The SMILES string of the molecule is CCC(=O)C=Cc1c[nH]c2ncnc(OC(C)C)c12. The molecule has 2 aromatic heterocycles. The Morgan fingerprint density at radius 2 is 2.26 bits per heavy atom. The summed E-state index contributed by atoms with van der Waals surface area (Å²) in [5.41, 5.74) is 1.56. The van der Waals surface area contributed by atoms with Gasteiger partial charge in [0.25, 0.3) is 0 Å². The predicted molar refractivity (Wildman–Crippen MR) is 74.0 cm³/mol.